The number of anilines is 2. The van der Waals surface area contributed by atoms with Crippen molar-refractivity contribution >= 4 is 11.5 Å². The third kappa shape index (κ3) is 1.79. The second-order valence-corrected chi connectivity index (χ2v) is 3.80. The molecule has 0 aliphatic carbocycles. The summed E-state index contributed by atoms with van der Waals surface area (Å²) < 4.78 is 1.81. The van der Waals surface area contributed by atoms with E-state index in [4.69, 9.17) is 10.6 Å². The highest BCUT2D eigenvalue weighted by molar-refractivity contribution is 5.65. The van der Waals surface area contributed by atoms with Gasteiger partial charge in [0.2, 0.25) is 0 Å². The van der Waals surface area contributed by atoms with E-state index in [1.54, 1.807) is 4.68 Å². The van der Waals surface area contributed by atoms with Crippen LogP contribution in [-0.2, 0) is 18.3 Å². The molecule has 1 fully saturated rings. The minimum atomic E-state index is 0.752. The van der Waals surface area contributed by atoms with E-state index in [0.717, 1.165) is 49.6 Å². The van der Waals surface area contributed by atoms with Crippen LogP contribution in [0.1, 0.15) is 25.5 Å². The summed E-state index contributed by atoms with van der Waals surface area (Å²) in [6, 6.07) is 0. The fourth-order valence-corrected chi connectivity index (χ4v) is 1.91. The molecule has 0 spiro atoms. The van der Waals surface area contributed by atoms with Crippen LogP contribution in [0.4, 0.5) is 11.5 Å². The Morgan fingerprint density at radius 3 is 2.80 bits per heavy atom. The van der Waals surface area contributed by atoms with Crippen LogP contribution in [0.25, 0.3) is 0 Å². The average Bonchev–Trinajstić information content (AvgIpc) is 2.55. The van der Waals surface area contributed by atoms with Gasteiger partial charge in [0, 0.05) is 13.6 Å². The maximum Gasteiger partial charge on any atom is 0.174 e. The number of nitrogen functional groups attached to an aromatic ring is 1. The second kappa shape index (κ2) is 4.10. The number of hydroxylamine groups is 1. The van der Waals surface area contributed by atoms with Gasteiger partial charge in [0.25, 0.3) is 0 Å². The molecule has 1 aliphatic rings. The Balaban J connectivity index is 2.29. The molecule has 0 amide bonds. The highest BCUT2D eigenvalue weighted by atomic mass is 16.7. The monoisotopic (exact) mass is 210 g/mol. The van der Waals surface area contributed by atoms with Crippen LogP contribution in [0, 0.1) is 0 Å². The van der Waals surface area contributed by atoms with Gasteiger partial charge in [-0.1, -0.05) is 6.92 Å². The van der Waals surface area contributed by atoms with Crippen molar-refractivity contribution in [2.24, 2.45) is 7.05 Å². The van der Waals surface area contributed by atoms with Crippen LogP contribution in [0.3, 0.4) is 0 Å². The maximum atomic E-state index is 6.04. The molecule has 0 atom stereocenters. The largest absolute Gasteiger partial charge is 0.394 e. The molecule has 1 saturated heterocycles. The minimum absolute atomic E-state index is 0.752. The Morgan fingerprint density at radius 1 is 1.47 bits per heavy atom. The van der Waals surface area contributed by atoms with Crippen molar-refractivity contribution < 1.29 is 4.84 Å². The Hall–Kier alpha value is -1.23. The second-order valence-electron chi connectivity index (χ2n) is 3.80. The van der Waals surface area contributed by atoms with E-state index in [1.807, 2.05) is 12.1 Å². The summed E-state index contributed by atoms with van der Waals surface area (Å²) in [6.07, 6.45) is 3.12. The molecule has 5 heteroatoms. The van der Waals surface area contributed by atoms with Gasteiger partial charge in [0.05, 0.1) is 12.3 Å². The van der Waals surface area contributed by atoms with Gasteiger partial charge in [-0.2, -0.15) is 5.10 Å². The van der Waals surface area contributed by atoms with Gasteiger partial charge in [-0.3, -0.25) is 4.84 Å². The maximum absolute atomic E-state index is 6.04. The van der Waals surface area contributed by atoms with Gasteiger partial charge >= 0.3 is 0 Å². The molecule has 2 N–H and O–H groups in total. The number of hydrogen-bond acceptors (Lipinski definition) is 4. The standard InChI is InChI=1S/C10H18N4O/c1-3-8-9(11)10(13(2)12-8)14-6-4-5-7-15-14/h3-7,11H2,1-2H3. The Kier molecular flexibility index (Phi) is 2.81. The molecule has 15 heavy (non-hydrogen) atoms. The summed E-state index contributed by atoms with van der Waals surface area (Å²) in [5.74, 6) is 0.895. The van der Waals surface area contributed by atoms with E-state index in [1.165, 1.54) is 0 Å². The molecule has 1 aromatic heterocycles. The number of aryl methyl sites for hydroxylation is 2. The van der Waals surface area contributed by atoms with Crippen molar-refractivity contribution in [2.45, 2.75) is 26.2 Å². The van der Waals surface area contributed by atoms with Crippen molar-refractivity contribution in [3.8, 4) is 0 Å². The topological polar surface area (TPSA) is 56.3 Å². The van der Waals surface area contributed by atoms with Crippen LogP contribution in [0.5, 0.6) is 0 Å². The normalized spacial score (nSPS) is 17.1. The molecule has 1 aliphatic heterocycles. The molecule has 1 aromatic rings. The van der Waals surface area contributed by atoms with E-state index in [9.17, 15) is 0 Å². The zero-order chi connectivity index (χ0) is 10.8. The van der Waals surface area contributed by atoms with Crippen LogP contribution >= 0.6 is 0 Å². The van der Waals surface area contributed by atoms with Gasteiger partial charge in [0.15, 0.2) is 5.82 Å². The quantitative estimate of drug-likeness (QED) is 0.794. The summed E-state index contributed by atoms with van der Waals surface area (Å²) >= 11 is 0. The third-order valence-corrected chi connectivity index (χ3v) is 2.70. The van der Waals surface area contributed by atoms with E-state index < -0.39 is 0 Å². The number of hydrogen-bond donors (Lipinski definition) is 1. The fourth-order valence-electron chi connectivity index (χ4n) is 1.91. The third-order valence-electron chi connectivity index (χ3n) is 2.70. The lowest BCUT2D eigenvalue weighted by atomic mass is 10.2. The van der Waals surface area contributed by atoms with Crippen molar-refractivity contribution in [3.05, 3.63) is 5.69 Å². The summed E-state index contributed by atoms with van der Waals surface area (Å²) in [5.41, 5.74) is 7.74. The predicted octanol–water partition coefficient (Wildman–Crippen LogP) is 1.10. The van der Waals surface area contributed by atoms with Crippen LogP contribution in [0.15, 0.2) is 0 Å². The first-order valence-electron chi connectivity index (χ1n) is 5.45. The summed E-state index contributed by atoms with van der Waals surface area (Å²) in [4.78, 5) is 5.58. The summed E-state index contributed by atoms with van der Waals surface area (Å²) in [7, 11) is 1.91. The minimum Gasteiger partial charge on any atom is -0.394 e. The van der Waals surface area contributed by atoms with Gasteiger partial charge in [-0.25, -0.2) is 9.75 Å². The number of nitrogens with two attached hydrogens (primary N) is 1. The molecule has 2 heterocycles. The first kappa shape index (κ1) is 10.3. The average molecular weight is 210 g/mol. The Labute approximate surface area is 89.8 Å². The number of nitrogens with zero attached hydrogens (tertiary/aromatic N) is 3. The lowest BCUT2D eigenvalue weighted by Gasteiger charge is -2.27. The van der Waals surface area contributed by atoms with E-state index in [-0.39, 0.29) is 0 Å². The van der Waals surface area contributed by atoms with Gasteiger partial charge in [-0.15, -0.1) is 0 Å². The van der Waals surface area contributed by atoms with Crippen LogP contribution in [-0.4, -0.2) is 22.9 Å². The van der Waals surface area contributed by atoms with Crippen molar-refractivity contribution in [2.75, 3.05) is 23.9 Å². The lowest BCUT2D eigenvalue weighted by Crippen LogP contribution is -2.31. The SMILES string of the molecule is CCc1nn(C)c(N2CCCCO2)c1N. The van der Waals surface area contributed by atoms with Crippen LogP contribution in [0.2, 0.25) is 0 Å². The molecule has 0 radical (unpaired) electrons. The molecule has 0 saturated carbocycles. The first-order valence-corrected chi connectivity index (χ1v) is 5.45. The zero-order valence-corrected chi connectivity index (χ0v) is 9.36. The molecule has 0 unspecified atom stereocenters. The highest BCUT2D eigenvalue weighted by Crippen LogP contribution is 2.28. The Morgan fingerprint density at radius 2 is 2.27 bits per heavy atom. The van der Waals surface area contributed by atoms with Gasteiger partial charge < -0.3 is 5.73 Å². The smallest absolute Gasteiger partial charge is 0.174 e. The van der Waals surface area contributed by atoms with Crippen molar-refractivity contribution in [1.29, 1.82) is 0 Å². The summed E-state index contributed by atoms with van der Waals surface area (Å²) in [6.45, 7) is 3.72. The molecule has 0 bridgehead atoms. The summed E-state index contributed by atoms with van der Waals surface area (Å²) in [5, 5.41) is 6.24. The van der Waals surface area contributed by atoms with Gasteiger partial charge in [0.1, 0.15) is 5.69 Å². The van der Waals surface area contributed by atoms with E-state index in [2.05, 4.69) is 12.0 Å². The van der Waals surface area contributed by atoms with Crippen LogP contribution < -0.4 is 10.8 Å². The Bertz CT molecular complexity index is 341. The van der Waals surface area contributed by atoms with Crippen molar-refractivity contribution in [1.82, 2.24) is 9.78 Å². The molecular weight excluding hydrogens is 192 g/mol. The molecule has 84 valence electrons. The molecule has 5 nitrogen and oxygen atoms in total. The number of aromatic nitrogens is 2. The molecule has 0 aromatic carbocycles. The van der Waals surface area contributed by atoms with Crippen molar-refractivity contribution in [3.63, 3.8) is 0 Å². The van der Waals surface area contributed by atoms with Gasteiger partial charge in [-0.05, 0) is 19.3 Å². The molecule has 2 rings (SSSR count). The zero-order valence-electron chi connectivity index (χ0n) is 9.36. The fraction of sp³-hybridized carbons (Fsp3) is 0.700. The predicted molar refractivity (Wildman–Crippen MR) is 59.5 cm³/mol. The first-order chi connectivity index (χ1) is 7.24. The van der Waals surface area contributed by atoms with E-state index in [0.29, 0.717) is 0 Å². The number of rotatable bonds is 2. The van der Waals surface area contributed by atoms with E-state index >= 15 is 0 Å². The lowest BCUT2D eigenvalue weighted by molar-refractivity contribution is 0.0749. The molecular formula is C10H18N4O. The highest BCUT2D eigenvalue weighted by Gasteiger charge is 2.20.